The number of hydrogen-bond donors (Lipinski definition) is 1. The van der Waals surface area contributed by atoms with E-state index in [0.29, 0.717) is 32.2 Å². The highest BCUT2D eigenvalue weighted by Gasteiger charge is 2.38. The number of carbonyl (C=O) groups excluding carboxylic acids is 2. The van der Waals surface area contributed by atoms with E-state index in [-0.39, 0.29) is 11.7 Å². The Hall–Kier alpha value is -2.46. The third kappa shape index (κ3) is 13.8. The van der Waals surface area contributed by atoms with Gasteiger partial charge >= 0.3 is 0 Å². The Balaban J connectivity index is 2.06. The Kier molecular flexibility index (Phi) is 16.6. The molecule has 0 spiro atoms. The lowest BCUT2D eigenvalue weighted by molar-refractivity contribution is -0.138. The summed E-state index contributed by atoms with van der Waals surface area (Å²) in [6.45, 7) is 2.51. The summed E-state index contributed by atoms with van der Waals surface area (Å²) in [6, 6.07) is 0. The van der Waals surface area contributed by atoms with Crippen molar-refractivity contribution in [3.8, 4) is 0 Å². The molecule has 1 saturated carbocycles. The van der Waals surface area contributed by atoms with Crippen molar-refractivity contribution in [3.05, 3.63) is 72.9 Å². The van der Waals surface area contributed by atoms with Gasteiger partial charge in [0.25, 0.3) is 6.47 Å². The Morgan fingerprint density at radius 1 is 0.781 bits per heavy atom. The molecule has 32 heavy (non-hydrogen) atoms. The molecule has 0 radical (unpaired) electrons. The monoisotopic (exact) mass is 440 g/mol. The highest BCUT2D eigenvalue weighted by atomic mass is 16.5. The van der Waals surface area contributed by atoms with Crippen LogP contribution < -0.4 is 0 Å². The van der Waals surface area contributed by atoms with Crippen molar-refractivity contribution in [2.75, 3.05) is 0 Å². The van der Waals surface area contributed by atoms with Crippen molar-refractivity contribution in [3.63, 3.8) is 0 Å². The van der Waals surface area contributed by atoms with Crippen LogP contribution in [0, 0.1) is 5.92 Å². The SMILES string of the molecule is CCC=CCC=CCC=CCC=CCC=CCC=CCCC(=O)C1CC(O)CC1OC=O. The van der Waals surface area contributed by atoms with Crippen LogP contribution in [0.1, 0.15) is 71.1 Å². The Bertz CT molecular complexity index is 682. The van der Waals surface area contributed by atoms with Gasteiger partial charge in [0.1, 0.15) is 11.9 Å². The fourth-order valence-corrected chi connectivity index (χ4v) is 3.58. The molecule has 3 atom stereocenters. The van der Waals surface area contributed by atoms with Crippen molar-refractivity contribution >= 4 is 12.3 Å². The van der Waals surface area contributed by atoms with Crippen LogP contribution in [0.5, 0.6) is 0 Å². The van der Waals surface area contributed by atoms with Gasteiger partial charge in [0.05, 0.1) is 12.0 Å². The van der Waals surface area contributed by atoms with Gasteiger partial charge in [-0.05, 0) is 51.4 Å². The summed E-state index contributed by atoms with van der Waals surface area (Å²) in [5.74, 6) is -0.303. The average Bonchev–Trinajstić information content (AvgIpc) is 3.15. The second-order valence-electron chi connectivity index (χ2n) is 7.92. The second kappa shape index (κ2) is 19.2. The van der Waals surface area contributed by atoms with Crippen molar-refractivity contribution in [1.29, 1.82) is 0 Å². The molecule has 1 aliphatic rings. The molecule has 0 amide bonds. The molecular weight excluding hydrogens is 400 g/mol. The fourth-order valence-electron chi connectivity index (χ4n) is 3.58. The van der Waals surface area contributed by atoms with Crippen LogP contribution in [0.15, 0.2) is 72.9 Å². The zero-order valence-electron chi connectivity index (χ0n) is 19.5. The maximum atomic E-state index is 12.3. The number of allylic oxidation sites excluding steroid dienone is 12. The number of aliphatic hydroxyl groups excluding tert-OH is 1. The Labute approximate surface area is 194 Å². The lowest BCUT2D eigenvalue weighted by atomic mass is 9.96. The van der Waals surface area contributed by atoms with E-state index in [4.69, 9.17) is 4.74 Å². The number of ether oxygens (including phenoxy) is 1. The van der Waals surface area contributed by atoms with Crippen molar-refractivity contribution in [2.45, 2.75) is 83.3 Å². The van der Waals surface area contributed by atoms with Gasteiger partial charge in [-0.1, -0.05) is 79.8 Å². The number of carbonyl (C=O) groups is 2. The van der Waals surface area contributed by atoms with Crippen LogP contribution >= 0.6 is 0 Å². The van der Waals surface area contributed by atoms with E-state index in [1.165, 1.54) is 0 Å². The molecule has 1 N–H and O–H groups in total. The molecular formula is C28H40O4. The van der Waals surface area contributed by atoms with Crippen molar-refractivity contribution in [2.24, 2.45) is 5.92 Å². The van der Waals surface area contributed by atoms with E-state index < -0.39 is 12.2 Å². The second-order valence-corrected chi connectivity index (χ2v) is 7.92. The van der Waals surface area contributed by atoms with Gasteiger partial charge in [-0.3, -0.25) is 9.59 Å². The first kappa shape index (κ1) is 27.6. The highest BCUT2D eigenvalue weighted by molar-refractivity contribution is 5.82. The lowest BCUT2D eigenvalue weighted by Crippen LogP contribution is -2.25. The minimum atomic E-state index is -0.556. The van der Waals surface area contributed by atoms with E-state index in [1.807, 2.05) is 6.08 Å². The van der Waals surface area contributed by atoms with Crippen molar-refractivity contribution in [1.82, 2.24) is 0 Å². The van der Waals surface area contributed by atoms with Crippen LogP contribution in [0.25, 0.3) is 0 Å². The Morgan fingerprint density at radius 2 is 1.25 bits per heavy atom. The first-order valence-electron chi connectivity index (χ1n) is 11.9. The van der Waals surface area contributed by atoms with Gasteiger partial charge in [-0.25, -0.2) is 0 Å². The highest BCUT2D eigenvalue weighted by Crippen LogP contribution is 2.30. The normalized spacial score (nSPS) is 22.0. The summed E-state index contributed by atoms with van der Waals surface area (Å²) in [5.41, 5.74) is 0. The summed E-state index contributed by atoms with van der Waals surface area (Å²) in [6.07, 6.45) is 32.5. The molecule has 1 rings (SSSR count). The summed E-state index contributed by atoms with van der Waals surface area (Å²) in [4.78, 5) is 22.8. The van der Waals surface area contributed by atoms with Gasteiger partial charge in [0.15, 0.2) is 0 Å². The number of rotatable bonds is 17. The average molecular weight is 441 g/mol. The molecule has 0 aromatic rings. The van der Waals surface area contributed by atoms with E-state index in [1.54, 1.807) is 0 Å². The molecule has 0 aromatic carbocycles. The summed E-state index contributed by atoms with van der Waals surface area (Å²) in [5, 5.41) is 9.70. The first-order chi connectivity index (χ1) is 15.7. The largest absolute Gasteiger partial charge is 0.464 e. The standard InChI is InChI=1S/C28H40O4/c1-2-3-4-5-6-7-8-9-10-11-12-13-14-15-16-17-18-19-20-21-27(31)26-22-25(30)23-28(26)32-24-29/h3-4,6-7,9-10,12-13,15-16,18-19,24-26,28,30H,2,5,8,11,14,17,20-23H2,1H3. The molecule has 0 aliphatic heterocycles. The number of ketones is 1. The zero-order valence-corrected chi connectivity index (χ0v) is 19.5. The third-order valence-corrected chi connectivity index (χ3v) is 5.28. The van der Waals surface area contributed by atoms with Crippen LogP contribution in [0.2, 0.25) is 0 Å². The fraction of sp³-hybridized carbons (Fsp3) is 0.500. The molecule has 0 saturated heterocycles. The maximum absolute atomic E-state index is 12.3. The molecule has 0 bridgehead atoms. The van der Waals surface area contributed by atoms with Crippen LogP contribution in [0.4, 0.5) is 0 Å². The predicted molar refractivity (Wildman–Crippen MR) is 132 cm³/mol. The smallest absolute Gasteiger partial charge is 0.293 e. The predicted octanol–water partition coefficient (Wildman–Crippen LogP) is 6.35. The van der Waals surface area contributed by atoms with Crippen molar-refractivity contribution < 1.29 is 19.4 Å². The molecule has 0 aromatic heterocycles. The van der Waals surface area contributed by atoms with Gasteiger partial charge in [0.2, 0.25) is 0 Å². The minimum absolute atomic E-state index is 0.0629. The lowest BCUT2D eigenvalue weighted by Gasteiger charge is -2.15. The van der Waals surface area contributed by atoms with Crippen LogP contribution in [-0.2, 0) is 14.3 Å². The van der Waals surface area contributed by atoms with Gasteiger partial charge in [0, 0.05) is 12.8 Å². The number of hydrogen-bond acceptors (Lipinski definition) is 4. The summed E-state index contributed by atoms with van der Waals surface area (Å²) >= 11 is 0. The topological polar surface area (TPSA) is 63.6 Å². The molecule has 3 unspecified atom stereocenters. The molecule has 4 heteroatoms. The van der Waals surface area contributed by atoms with Crippen LogP contribution in [0.3, 0.4) is 0 Å². The van der Waals surface area contributed by atoms with Gasteiger partial charge in [-0.2, -0.15) is 0 Å². The van der Waals surface area contributed by atoms with E-state index in [2.05, 4.69) is 73.8 Å². The van der Waals surface area contributed by atoms with E-state index in [9.17, 15) is 14.7 Å². The summed E-state index contributed by atoms with van der Waals surface area (Å²) < 4.78 is 4.95. The van der Waals surface area contributed by atoms with E-state index in [0.717, 1.165) is 38.5 Å². The molecule has 1 fully saturated rings. The molecule has 176 valence electrons. The number of Topliss-reactive ketones (excluding diaryl/α,β-unsaturated/α-hetero) is 1. The summed E-state index contributed by atoms with van der Waals surface area (Å²) in [7, 11) is 0. The zero-order chi connectivity index (χ0) is 23.3. The Morgan fingerprint density at radius 3 is 1.72 bits per heavy atom. The first-order valence-corrected chi connectivity index (χ1v) is 11.9. The number of aliphatic hydroxyl groups is 1. The minimum Gasteiger partial charge on any atom is -0.464 e. The molecule has 0 heterocycles. The molecule has 1 aliphatic carbocycles. The van der Waals surface area contributed by atoms with Crippen LogP contribution in [-0.4, -0.2) is 29.6 Å². The quantitative estimate of drug-likeness (QED) is 0.212. The van der Waals surface area contributed by atoms with Gasteiger partial charge in [-0.15, -0.1) is 0 Å². The molecule has 4 nitrogen and oxygen atoms in total. The van der Waals surface area contributed by atoms with Gasteiger partial charge < -0.3 is 9.84 Å². The third-order valence-electron chi connectivity index (χ3n) is 5.28. The maximum Gasteiger partial charge on any atom is 0.293 e. The van der Waals surface area contributed by atoms with E-state index >= 15 is 0 Å².